The molecule has 1 aromatic carbocycles. The van der Waals surface area contributed by atoms with Crippen LogP contribution in [0.3, 0.4) is 0 Å². The third-order valence-corrected chi connectivity index (χ3v) is 4.28. The van der Waals surface area contributed by atoms with Gasteiger partial charge in [0.25, 0.3) is 0 Å². The van der Waals surface area contributed by atoms with Crippen LogP contribution in [0.1, 0.15) is 0 Å². The number of furan rings is 1. The standard InChI is InChI=1S/C14H9NO3S/c1-17-14(16)15-5-2-9-11(15)8-3-6-18-12(8)10-4-7-19-13(9)10/h2-7H,1H3. The van der Waals surface area contributed by atoms with E-state index in [9.17, 15) is 4.79 Å². The second kappa shape index (κ2) is 3.61. The van der Waals surface area contributed by atoms with Crippen LogP contribution in [0.25, 0.3) is 32.0 Å². The molecule has 19 heavy (non-hydrogen) atoms. The quantitative estimate of drug-likeness (QED) is 0.481. The lowest BCUT2D eigenvalue weighted by molar-refractivity contribution is 0.174. The third kappa shape index (κ3) is 1.25. The van der Waals surface area contributed by atoms with Crippen LogP contribution in [-0.4, -0.2) is 17.8 Å². The Kier molecular flexibility index (Phi) is 2.02. The van der Waals surface area contributed by atoms with Crippen molar-refractivity contribution in [2.45, 2.75) is 0 Å². The molecule has 4 nitrogen and oxygen atoms in total. The molecule has 0 saturated heterocycles. The molecule has 0 N–H and O–H groups in total. The summed E-state index contributed by atoms with van der Waals surface area (Å²) >= 11 is 1.64. The molecule has 0 atom stereocenters. The highest BCUT2D eigenvalue weighted by Crippen LogP contribution is 2.38. The number of hydrogen-bond acceptors (Lipinski definition) is 4. The van der Waals surface area contributed by atoms with Gasteiger partial charge >= 0.3 is 6.09 Å². The number of nitrogens with zero attached hydrogens (tertiary/aromatic N) is 1. The highest BCUT2D eigenvalue weighted by molar-refractivity contribution is 7.18. The van der Waals surface area contributed by atoms with Crippen LogP contribution in [0, 0.1) is 0 Å². The number of rotatable bonds is 0. The molecule has 3 heterocycles. The zero-order chi connectivity index (χ0) is 13.0. The molecule has 0 unspecified atom stereocenters. The molecule has 0 spiro atoms. The maximum atomic E-state index is 11.8. The lowest BCUT2D eigenvalue weighted by Gasteiger charge is -2.03. The first-order chi connectivity index (χ1) is 9.31. The first-order valence-corrected chi connectivity index (χ1v) is 6.65. The fourth-order valence-electron chi connectivity index (χ4n) is 2.54. The Morgan fingerprint density at radius 3 is 3.00 bits per heavy atom. The van der Waals surface area contributed by atoms with Crippen molar-refractivity contribution in [2.24, 2.45) is 0 Å². The SMILES string of the molecule is COC(=O)n1ccc2c3sccc3c3occc3c21. The largest absolute Gasteiger partial charge is 0.464 e. The van der Waals surface area contributed by atoms with Crippen LogP contribution in [0.15, 0.2) is 40.5 Å². The van der Waals surface area contributed by atoms with E-state index in [-0.39, 0.29) is 0 Å². The normalized spacial score (nSPS) is 11.6. The lowest BCUT2D eigenvalue weighted by atomic mass is 10.1. The minimum absolute atomic E-state index is 0.395. The van der Waals surface area contributed by atoms with Crippen molar-refractivity contribution in [1.29, 1.82) is 0 Å². The van der Waals surface area contributed by atoms with Crippen LogP contribution in [0.4, 0.5) is 4.79 Å². The number of thiophene rings is 1. The van der Waals surface area contributed by atoms with Gasteiger partial charge in [-0.3, -0.25) is 4.57 Å². The van der Waals surface area contributed by atoms with E-state index in [1.54, 1.807) is 23.8 Å². The van der Waals surface area contributed by atoms with Crippen molar-refractivity contribution in [3.63, 3.8) is 0 Å². The maximum absolute atomic E-state index is 11.8. The van der Waals surface area contributed by atoms with E-state index in [1.807, 2.05) is 23.6 Å². The van der Waals surface area contributed by atoms with Gasteiger partial charge in [-0.2, -0.15) is 0 Å². The van der Waals surface area contributed by atoms with E-state index < -0.39 is 6.09 Å². The van der Waals surface area contributed by atoms with Crippen molar-refractivity contribution in [1.82, 2.24) is 4.57 Å². The monoisotopic (exact) mass is 271 g/mol. The molecule has 94 valence electrons. The van der Waals surface area contributed by atoms with Gasteiger partial charge in [-0.05, 0) is 23.6 Å². The summed E-state index contributed by atoms with van der Waals surface area (Å²) in [5.74, 6) is 0. The molecule has 0 bridgehead atoms. The molecular weight excluding hydrogens is 262 g/mol. The zero-order valence-corrected chi connectivity index (χ0v) is 10.9. The number of ether oxygens (including phenoxy) is 1. The van der Waals surface area contributed by atoms with Crippen molar-refractivity contribution < 1.29 is 13.9 Å². The molecule has 4 rings (SSSR count). The molecule has 3 aromatic heterocycles. The van der Waals surface area contributed by atoms with Crippen molar-refractivity contribution in [3.8, 4) is 0 Å². The van der Waals surface area contributed by atoms with Gasteiger partial charge in [0.1, 0.15) is 5.58 Å². The minimum Gasteiger partial charge on any atom is -0.464 e. The predicted octanol–water partition coefficient (Wildman–Crippen LogP) is 4.22. The van der Waals surface area contributed by atoms with Gasteiger partial charge in [-0.25, -0.2) is 4.79 Å². The van der Waals surface area contributed by atoms with E-state index in [1.165, 1.54) is 11.7 Å². The molecule has 0 aliphatic heterocycles. The first-order valence-electron chi connectivity index (χ1n) is 5.77. The van der Waals surface area contributed by atoms with E-state index >= 15 is 0 Å². The molecule has 0 radical (unpaired) electrons. The summed E-state index contributed by atoms with van der Waals surface area (Å²) in [5, 5.41) is 5.09. The van der Waals surface area contributed by atoms with Crippen LogP contribution < -0.4 is 0 Å². The smallest absolute Gasteiger partial charge is 0.418 e. The summed E-state index contributed by atoms with van der Waals surface area (Å²) in [4.78, 5) is 11.8. The predicted molar refractivity (Wildman–Crippen MR) is 74.9 cm³/mol. The van der Waals surface area contributed by atoms with Gasteiger partial charge < -0.3 is 9.15 Å². The number of carbonyl (C=O) groups is 1. The van der Waals surface area contributed by atoms with E-state index in [0.717, 1.165) is 32.0 Å². The summed E-state index contributed by atoms with van der Waals surface area (Å²) in [6.07, 6.45) is 2.99. The van der Waals surface area contributed by atoms with Crippen LogP contribution in [0.2, 0.25) is 0 Å². The number of methoxy groups -OCH3 is 1. The third-order valence-electron chi connectivity index (χ3n) is 3.33. The number of fused-ring (bicyclic) bond motifs is 6. The molecule has 0 aliphatic carbocycles. The molecule has 0 amide bonds. The van der Waals surface area contributed by atoms with E-state index in [4.69, 9.17) is 9.15 Å². The Morgan fingerprint density at radius 1 is 1.26 bits per heavy atom. The second-order valence-electron chi connectivity index (χ2n) is 4.24. The lowest BCUT2D eigenvalue weighted by Crippen LogP contribution is -2.09. The van der Waals surface area contributed by atoms with Gasteiger partial charge in [0.15, 0.2) is 0 Å². The van der Waals surface area contributed by atoms with Gasteiger partial charge in [-0.15, -0.1) is 11.3 Å². The average Bonchev–Trinajstić information content (AvgIpc) is 3.12. The van der Waals surface area contributed by atoms with Crippen LogP contribution in [-0.2, 0) is 4.74 Å². The molecule has 0 saturated carbocycles. The summed E-state index contributed by atoms with van der Waals surface area (Å²) < 4.78 is 13.0. The van der Waals surface area contributed by atoms with Gasteiger partial charge in [-0.1, -0.05) is 0 Å². The number of benzene rings is 1. The Labute approximate surface area is 111 Å². The van der Waals surface area contributed by atoms with E-state index in [0.29, 0.717) is 0 Å². The molecule has 5 heteroatoms. The molecule has 0 fully saturated rings. The Morgan fingerprint density at radius 2 is 2.16 bits per heavy atom. The molecular formula is C14H9NO3S. The fourth-order valence-corrected chi connectivity index (χ4v) is 3.46. The second-order valence-corrected chi connectivity index (χ2v) is 5.16. The summed E-state index contributed by atoms with van der Waals surface area (Å²) in [5.41, 5.74) is 1.65. The van der Waals surface area contributed by atoms with Crippen molar-refractivity contribution in [2.75, 3.05) is 7.11 Å². The maximum Gasteiger partial charge on any atom is 0.418 e. The van der Waals surface area contributed by atoms with Crippen LogP contribution in [0.5, 0.6) is 0 Å². The number of hydrogen-bond donors (Lipinski definition) is 0. The van der Waals surface area contributed by atoms with Crippen LogP contribution >= 0.6 is 11.3 Å². The van der Waals surface area contributed by atoms with Gasteiger partial charge in [0, 0.05) is 27.1 Å². The highest BCUT2D eigenvalue weighted by Gasteiger charge is 2.17. The summed E-state index contributed by atoms with van der Waals surface area (Å²) in [6.45, 7) is 0. The Bertz CT molecular complexity index is 898. The minimum atomic E-state index is -0.395. The zero-order valence-electron chi connectivity index (χ0n) is 10.0. The van der Waals surface area contributed by atoms with Gasteiger partial charge in [0.2, 0.25) is 0 Å². The number of aromatic nitrogens is 1. The Balaban J connectivity index is 2.31. The van der Waals surface area contributed by atoms with Gasteiger partial charge in [0.05, 0.1) is 18.9 Å². The summed E-state index contributed by atoms with van der Waals surface area (Å²) in [7, 11) is 1.38. The van der Waals surface area contributed by atoms with Crippen molar-refractivity contribution in [3.05, 3.63) is 36.0 Å². The Hall–Kier alpha value is -2.27. The average molecular weight is 271 g/mol. The first kappa shape index (κ1) is 10.6. The molecule has 0 aliphatic rings. The highest BCUT2D eigenvalue weighted by atomic mass is 32.1. The summed E-state index contributed by atoms with van der Waals surface area (Å²) in [6, 6.07) is 5.87. The number of carbonyl (C=O) groups excluding carboxylic acids is 1. The van der Waals surface area contributed by atoms with Crippen molar-refractivity contribution >= 4 is 49.4 Å². The molecule has 4 aromatic rings. The van der Waals surface area contributed by atoms with E-state index in [2.05, 4.69) is 0 Å². The fraction of sp³-hybridized carbons (Fsp3) is 0.0714. The topological polar surface area (TPSA) is 44.4 Å².